The van der Waals surface area contributed by atoms with E-state index in [1.54, 1.807) is 0 Å². The molecule has 1 aliphatic rings. The van der Waals surface area contributed by atoms with Crippen molar-refractivity contribution in [2.75, 3.05) is 19.6 Å². The first-order valence-electron chi connectivity index (χ1n) is 7.80. The fourth-order valence-electron chi connectivity index (χ4n) is 2.90. The number of nitrogens with zero attached hydrogens (tertiary/aromatic N) is 3. The molecule has 1 fully saturated rings. The number of aromatic nitrogens is 2. The highest BCUT2D eigenvalue weighted by Crippen LogP contribution is 2.19. The van der Waals surface area contributed by atoms with Crippen LogP contribution < -0.4 is 5.32 Å². The Hall–Kier alpha value is -2.14. The van der Waals surface area contributed by atoms with Gasteiger partial charge in [0.15, 0.2) is 0 Å². The summed E-state index contributed by atoms with van der Waals surface area (Å²) in [6.45, 7) is 6.94. The fraction of sp³-hybridized carbons (Fsp3) is 0.412. The van der Waals surface area contributed by atoms with E-state index in [9.17, 15) is 4.79 Å². The van der Waals surface area contributed by atoms with Crippen molar-refractivity contribution in [1.29, 1.82) is 0 Å². The third-order valence-corrected chi connectivity index (χ3v) is 4.17. The van der Waals surface area contributed by atoms with E-state index in [1.807, 2.05) is 47.8 Å². The molecule has 1 aromatic heterocycles. The number of amides is 1. The number of hydrogen-bond donors (Lipinski definition) is 1. The highest BCUT2D eigenvalue weighted by atomic mass is 16.2. The minimum atomic E-state index is 0.0830. The van der Waals surface area contributed by atoms with Gasteiger partial charge in [-0.1, -0.05) is 30.3 Å². The Morgan fingerprint density at radius 1 is 1.36 bits per heavy atom. The molecule has 5 nitrogen and oxygen atoms in total. The van der Waals surface area contributed by atoms with Gasteiger partial charge in [0.1, 0.15) is 0 Å². The molecule has 1 aromatic carbocycles. The van der Waals surface area contributed by atoms with Crippen LogP contribution >= 0.6 is 0 Å². The summed E-state index contributed by atoms with van der Waals surface area (Å²) in [6, 6.07) is 10.5. The molecule has 0 aliphatic carbocycles. The normalized spacial score (nSPS) is 18.5. The van der Waals surface area contributed by atoms with E-state index >= 15 is 0 Å². The first-order valence-corrected chi connectivity index (χ1v) is 7.80. The van der Waals surface area contributed by atoms with Gasteiger partial charge >= 0.3 is 0 Å². The minimum absolute atomic E-state index is 0.0830. The summed E-state index contributed by atoms with van der Waals surface area (Å²) >= 11 is 0. The smallest absolute Gasteiger partial charge is 0.257 e. The van der Waals surface area contributed by atoms with E-state index in [1.165, 1.54) is 5.56 Å². The van der Waals surface area contributed by atoms with Gasteiger partial charge in [-0.3, -0.25) is 9.48 Å². The Morgan fingerprint density at radius 3 is 2.82 bits per heavy atom. The lowest BCUT2D eigenvalue weighted by molar-refractivity contribution is 0.0702. The third-order valence-electron chi connectivity index (χ3n) is 4.17. The standard InChI is InChI=1S/C17H22N4O/c1-3-21-11-15(13(2)19-21)17(22)20-10-9-18-16(12-20)14-7-5-4-6-8-14/h4-8,11,16,18H,3,9-10,12H2,1-2H3/t16-/m0/s1. The second-order valence-corrected chi connectivity index (χ2v) is 5.65. The summed E-state index contributed by atoms with van der Waals surface area (Å²) in [5, 5.41) is 7.86. The molecule has 1 atom stereocenters. The molecule has 1 N–H and O–H groups in total. The summed E-state index contributed by atoms with van der Waals surface area (Å²) in [4.78, 5) is 14.7. The van der Waals surface area contributed by atoms with Gasteiger partial charge < -0.3 is 10.2 Å². The van der Waals surface area contributed by atoms with Gasteiger partial charge in [0.05, 0.1) is 11.3 Å². The summed E-state index contributed by atoms with van der Waals surface area (Å²) in [5.74, 6) is 0.0830. The molecule has 1 aliphatic heterocycles. The molecule has 0 saturated carbocycles. The molecule has 22 heavy (non-hydrogen) atoms. The van der Waals surface area contributed by atoms with E-state index in [0.29, 0.717) is 6.54 Å². The number of aryl methyl sites for hydroxylation is 2. The third kappa shape index (κ3) is 2.90. The quantitative estimate of drug-likeness (QED) is 0.943. The maximum absolute atomic E-state index is 12.8. The molecular formula is C17H22N4O. The first kappa shape index (κ1) is 14.8. The summed E-state index contributed by atoms with van der Waals surface area (Å²) in [5.41, 5.74) is 2.75. The van der Waals surface area contributed by atoms with Gasteiger partial charge in [-0.05, 0) is 19.4 Å². The van der Waals surface area contributed by atoms with E-state index < -0.39 is 0 Å². The van der Waals surface area contributed by atoms with Crippen molar-refractivity contribution >= 4 is 5.91 Å². The van der Waals surface area contributed by atoms with Crippen molar-refractivity contribution in [3.63, 3.8) is 0 Å². The van der Waals surface area contributed by atoms with Crippen LogP contribution in [0.4, 0.5) is 0 Å². The molecule has 3 rings (SSSR count). The van der Waals surface area contributed by atoms with Crippen LogP contribution in [-0.4, -0.2) is 40.2 Å². The van der Waals surface area contributed by atoms with E-state index in [0.717, 1.165) is 30.9 Å². The number of nitrogens with one attached hydrogen (secondary N) is 1. The van der Waals surface area contributed by atoms with Crippen molar-refractivity contribution in [2.24, 2.45) is 0 Å². The van der Waals surface area contributed by atoms with E-state index in [2.05, 4.69) is 22.5 Å². The van der Waals surface area contributed by atoms with Crippen molar-refractivity contribution in [3.05, 3.63) is 53.3 Å². The van der Waals surface area contributed by atoms with Gasteiger partial charge in [0, 0.05) is 38.4 Å². The van der Waals surface area contributed by atoms with E-state index in [-0.39, 0.29) is 11.9 Å². The molecule has 2 heterocycles. The summed E-state index contributed by atoms with van der Waals surface area (Å²) in [7, 11) is 0. The Bertz CT molecular complexity index is 650. The van der Waals surface area contributed by atoms with Crippen LogP contribution in [0.5, 0.6) is 0 Å². The molecule has 1 amide bonds. The van der Waals surface area contributed by atoms with Crippen LogP contribution in [-0.2, 0) is 6.54 Å². The Morgan fingerprint density at radius 2 is 2.14 bits per heavy atom. The Balaban J connectivity index is 1.76. The SMILES string of the molecule is CCn1cc(C(=O)N2CCN[C@H](c3ccccc3)C2)c(C)n1. The average Bonchev–Trinajstić information content (AvgIpc) is 2.96. The second kappa shape index (κ2) is 6.32. The number of carbonyl (C=O) groups excluding carboxylic acids is 1. The van der Waals surface area contributed by atoms with Gasteiger partial charge in [-0.15, -0.1) is 0 Å². The maximum atomic E-state index is 12.8. The van der Waals surface area contributed by atoms with Crippen LogP contribution in [0.3, 0.4) is 0 Å². The lowest BCUT2D eigenvalue weighted by Gasteiger charge is -2.34. The number of carbonyl (C=O) groups is 1. The zero-order chi connectivity index (χ0) is 15.5. The van der Waals surface area contributed by atoms with Crippen molar-refractivity contribution in [2.45, 2.75) is 26.4 Å². The molecule has 1 saturated heterocycles. The number of piperazine rings is 1. The largest absolute Gasteiger partial charge is 0.335 e. The van der Waals surface area contributed by atoms with Gasteiger partial charge in [-0.2, -0.15) is 5.10 Å². The Kier molecular flexibility index (Phi) is 4.24. The van der Waals surface area contributed by atoms with Crippen LogP contribution in [0.15, 0.2) is 36.5 Å². The van der Waals surface area contributed by atoms with Gasteiger partial charge in [-0.25, -0.2) is 0 Å². The van der Waals surface area contributed by atoms with Gasteiger partial charge in [0.2, 0.25) is 0 Å². The predicted molar refractivity (Wildman–Crippen MR) is 85.7 cm³/mol. The molecule has 0 unspecified atom stereocenters. The van der Waals surface area contributed by atoms with Crippen molar-refractivity contribution in [3.8, 4) is 0 Å². The minimum Gasteiger partial charge on any atom is -0.335 e. The fourth-order valence-corrected chi connectivity index (χ4v) is 2.90. The van der Waals surface area contributed by atoms with Crippen molar-refractivity contribution < 1.29 is 4.79 Å². The number of benzene rings is 1. The monoisotopic (exact) mass is 298 g/mol. The van der Waals surface area contributed by atoms with Gasteiger partial charge in [0.25, 0.3) is 5.91 Å². The average molecular weight is 298 g/mol. The van der Waals surface area contributed by atoms with Crippen LogP contribution in [0.25, 0.3) is 0 Å². The first-order chi connectivity index (χ1) is 10.7. The molecule has 2 aromatic rings. The zero-order valence-corrected chi connectivity index (χ0v) is 13.1. The van der Waals surface area contributed by atoms with Crippen molar-refractivity contribution in [1.82, 2.24) is 20.0 Å². The number of rotatable bonds is 3. The Labute approximate surface area is 130 Å². The highest BCUT2D eigenvalue weighted by Gasteiger charge is 2.26. The molecule has 0 radical (unpaired) electrons. The summed E-state index contributed by atoms with van der Waals surface area (Å²) < 4.78 is 1.82. The summed E-state index contributed by atoms with van der Waals surface area (Å²) in [6.07, 6.45) is 1.86. The maximum Gasteiger partial charge on any atom is 0.257 e. The van der Waals surface area contributed by atoms with E-state index in [4.69, 9.17) is 0 Å². The lowest BCUT2D eigenvalue weighted by Crippen LogP contribution is -2.48. The molecule has 116 valence electrons. The van der Waals surface area contributed by atoms with Crippen LogP contribution in [0.1, 0.15) is 34.6 Å². The van der Waals surface area contributed by atoms with Crippen LogP contribution in [0, 0.1) is 6.92 Å². The molecule has 0 bridgehead atoms. The predicted octanol–water partition coefficient (Wildman–Crippen LogP) is 2.00. The topological polar surface area (TPSA) is 50.2 Å². The lowest BCUT2D eigenvalue weighted by atomic mass is 10.0. The molecule has 0 spiro atoms. The van der Waals surface area contributed by atoms with Crippen LogP contribution in [0.2, 0.25) is 0 Å². The number of hydrogen-bond acceptors (Lipinski definition) is 3. The second-order valence-electron chi connectivity index (χ2n) is 5.65. The molecule has 5 heteroatoms. The zero-order valence-electron chi connectivity index (χ0n) is 13.1. The molecular weight excluding hydrogens is 276 g/mol. The highest BCUT2D eigenvalue weighted by molar-refractivity contribution is 5.95.